The van der Waals surface area contributed by atoms with Gasteiger partial charge in [-0.05, 0) is 43.5 Å². The molecule has 1 heterocycles. The largest absolute Gasteiger partial charge is 0.399 e. The van der Waals surface area contributed by atoms with Crippen LogP contribution in [-0.4, -0.2) is 13.1 Å². The van der Waals surface area contributed by atoms with Crippen molar-refractivity contribution < 1.29 is 0 Å². The molecule has 1 aromatic rings. The van der Waals surface area contributed by atoms with Gasteiger partial charge in [-0.25, -0.2) is 0 Å². The van der Waals surface area contributed by atoms with Gasteiger partial charge in [-0.15, -0.1) is 0 Å². The third kappa shape index (κ3) is 2.01. The van der Waals surface area contributed by atoms with E-state index >= 15 is 0 Å². The Bertz CT molecular complexity index is 277. The summed E-state index contributed by atoms with van der Waals surface area (Å²) >= 11 is 0. The molecule has 70 valence electrons. The van der Waals surface area contributed by atoms with E-state index in [1.54, 1.807) is 0 Å². The zero-order valence-corrected chi connectivity index (χ0v) is 7.79. The molecule has 0 bridgehead atoms. The van der Waals surface area contributed by atoms with Crippen LogP contribution in [0.25, 0.3) is 0 Å². The van der Waals surface area contributed by atoms with Crippen LogP contribution < -0.4 is 11.1 Å². The molecule has 0 aromatic heterocycles. The van der Waals surface area contributed by atoms with Gasteiger partial charge in [-0.3, -0.25) is 0 Å². The number of nitrogen functional groups attached to an aromatic ring is 1. The Labute approximate surface area is 79.1 Å². The number of anilines is 1. The maximum absolute atomic E-state index is 5.88. The smallest absolute Gasteiger partial charge is 0.0346 e. The van der Waals surface area contributed by atoms with Gasteiger partial charge in [0.15, 0.2) is 0 Å². The molecule has 3 N–H and O–H groups in total. The molecular weight excluding hydrogens is 160 g/mol. The third-order valence-electron chi connectivity index (χ3n) is 2.73. The van der Waals surface area contributed by atoms with Crippen LogP contribution in [0.2, 0.25) is 0 Å². The van der Waals surface area contributed by atoms with Gasteiger partial charge in [-0.1, -0.05) is 18.2 Å². The van der Waals surface area contributed by atoms with Crippen LogP contribution in [0.15, 0.2) is 24.3 Å². The molecule has 0 amide bonds. The van der Waals surface area contributed by atoms with Crippen molar-refractivity contribution >= 4 is 5.69 Å². The minimum Gasteiger partial charge on any atom is -0.399 e. The quantitative estimate of drug-likeness (QED) is 0.669. The molecule has 1 aliphatic rings. The second-order valence-corrected chi connectivity index (χ2v) is 3.76. The maximum atomic E-state index is 5.88. The second-order valence-electron chi connectivity index (χ2n) is 3.76. The topological polar surface area (TPSA) is 38.0 Å². The van der Waals surface area contributed by atoms with Crippen LogP contribution in [0.4, 0.5) is 5.69 Å². The first-order valence-corrected chi connectivity index (χ1v) is 4.90. The molecule has 1 aromatic carbocycles. The number of nitrogens with two attached hydrogens (primary N) is 1. The molecular formula is C11H16N2. The van der Waals surface area contributed by atoms with Crippen molar-refractivity contribution in [2.45, 2.75) is 12.8 Å². The Morgan fingerprint density at radius 3 is 2.92 bits per heavy atom. The lowest BCUT2D eigenvalue weighted by Gasteiger charge is -2.09. The van der Waals surface area contributed by atoms with Crippen molar-refractivity contribution in [1.82, 2.24) is 5.32 Å². The van der Waals surface area contributed by atoms with Crippen LogP contribution >= 0.6 is 0 Å². The molecule has 0 spiro atoms. The van der Waals surface area contributed by atoms with E-state index in [2.05, 4.69) is 17.4 Å². The van der Waals surface area contributed by atoms with E-state index < -0.39 is 0 Å². The molecule has 0 unspecified atom stereocenters. The Kier molecular flexibility index (Phi) is 2.50. The van der Waals surface area contributed by atoms with Crippen molar-refractivity contribution in [3.8, 4) is 0 Å². The van der Waals surface area contributed by atoms with Crippen LogP contribution in [0.3, 0.4) is 0 Å². The van der Waals surface area contributed by atoms with Gasteiger partial charge in [-0.2, -0.15) is 0 Å². The third-order valence-corrected chi connectivity index (χ3v) is 2.73. The summed E-state index contributed by atoms with van der Waals surface area (Å²) < 4.78 is 0. The van der Waals surface area contributed by atoms with Gasteiger partial charge in [0.25, 0.3) is 0 Å². The molecule has 0 saturated carbocycles. The Morgan fingerprint density at radius 1 is 1.38 bits per heavy atom. The van der Waals surface area contributed by atoms with Gasteiger partial charge >= 0.3 is 0 Å². The summed E-state index contributed by atoms with van der Waals surface area (Å²) in [5, 5.41) is 3.37. The summed E-state index contributed by atoms with van der Waals surface area (Å²) in [6.45, 7) is 2.31. The SMILES string of the molecule is Nc1ccccc1C[C@H]1CCNC1. The fraction of sp³-hybridized carbons (Fsp3) is 0.455. The Balaban J connectivity index is 2.04. The highest BCUT2D eigenvalue weighted by Gasteiger charge is 2.15. The molecule has 2 nitrogen and oxygen atoms in total. The monoisotopic (exact) mass is 176 g/mol. The average Bonchev–Trinajstić information content (AvgIpc) is 2.61. The average molecular weight is 176 g/mol. The number of nitrogens with one attached hydrogen (secondary N) is 1. The second kappa shape index (κ2) is 3.79. The zero-order valence-electron chi connectivity index (χ0n) is 7.79. The number of rotatable bonds is 2. The summed E-state index contributed by atoms with van der Waals surface area (Å²) in [5.74, 6) is 0.782. The van der Waals surface area contributed by atoms with Crippen LogP contribution in [0.1, 0.15) is 12.0 Å². The summed E-state index contributed by atoms with van der Waals surface area (Å²) in [4.78, 5) is 0. The first-order chi connectivity index (χ1) is 6.36. The van der Waals surface area contributed by atoms with E-state index in [0.717, 1.165) is 31.1 Å². The Hall–Kier alpha value is -1.02. The van der Waals surface area contributed by atoms with Gasteiger partial charge < -0.3 is 11.1 Å². The lowest BCUT2D eigenvalue weighted by Crippen LogP contribution is -2.11. The van der Waals surface area contributed by atoms with E-state index in [0.29, 0.717) is 0 Å². The number of hydrogen-bond donors (Lipinski definition) is 2. The molecule has 0 aliphatic carbocycles. The van der Waals surface area contributed by atoms with Gasteiger partial charge in [0.1, 0.15) is 0 Å². The van der Waals surface area contributed by atoms with Gasteiger partial charge in [0.05, 0.1) is 0 Å². The van der Waals surface area contributed by atoms with Gasteiger partial charge in [0.2, 0.25) is 0 Å². The molecule has 1 saturated heterocycles. The summed E-state index contributed by atoms with van der Waals surface area (Å²) in [6, 6.07) is 8.17. The lowest BCUT2D eigenvalue weighted by atomic mass is 9.98. The van der Waals surface area contributed by atoms with E-state index in [9.17, 15) is 0 Å². The van der Waals surface area contributed by atoms with E-state index in [1.807, 2.05) is 12.1 Å². The standard InChI is InChI=1S/C11H16N2/c12-11-4-2-1-3-10(11)7-9-5-6-13-8-9/h1-4,9,13H,5-8,12H2/t9-/m1/s1. The molecule has 1 aliphatic heterocycles. The predicted molar refractivity (Wildman–Crippen MR) is 55.5 cm³/mol. The fourth-order valence-electron chi connectivity index (χ4n) is 1.92. The highest BCUT2D eigenvalue weighted by Crippen LogP contribution is 2.19. The normalized spacial score (nSPS) is 22.0. The molecule has 13 heavy (non-hydrogen) atoms. The maximum Gasteiger partial charge on any atom is 0.0346 e. The van der Waals surface area contributed by atoms with Crippen molar-refractivity contribution in [1.29, 1.82) is 0 Å². The van der Waals surface area contributed by atoms with Crippen molar-refractivity contribution in [3.63, 3.8) is 0 Å². The predicted octanol–water partition coefficient (Wildman–Crippen LogP) is 1.42. The van der Waals surface area contributed by atoms with Crippen LogP contribution in [0.5, 0.6) is 0 Å². The van der Waals surface area contributed by atoms with Crippen molar-refractivity contribution in [3.05, 3.63) is 29.8 Å². The van der Waals surface area contributed by atoms with E-state index in [4.69, 9.17) is 5.73 Å². The molecule has 0 radical (unpaired) electrons. The highest BCUT2D eigenvalue weighted by molar-refractivity contribution is 5.46. The first-order valence-electron chi connectivity index (χ1n) is 4.90. The lowest BCUT2D eigenvalue weighted by molar-refractivity contribution is 0.581. The summed E-state index contributed by atoms with van der Waals surface area (Å²) in [7, 11) is 0. The number of hydrogen-bond acceptors (Lipinski definition) is 2. The highest BCUT2D eigenvalue weighted by atomic mass is 14.9. The minimum atomic E-state index is 0.782. The van der Waals surface area contributed by atoms with Crippen LogP contribution in [0, 0.1) is 5.92 Å². The summed E-state index contributed by atoms with van der Waals surface area (Å²) in [5.41, 5.74) is 8.12. The van der Waals surface area contributed by atoms with Crippen LogP contribution in [-0.2, 0) is 6.42 Å². The molecule has 1 fully saturated rings. The van der Waals surface area contributed by atoms with E-state index in [-0.39, 0.29) is 0 Å². The van der Waals surface area contributed by atoms with Crippen molar-refractivity contribution in [2.75, 3.05) is 18.8 Å². The first kappa shape index (κ1) is 8.57. The number of benzene rings is 1. The van der Waals surface area contributed by atoms with E-state index in [1.165, 1.54) is 12.0 Å². The minimum absolute atomic E-state index is 0.782. The van der Waals surface area contributed by atoms with Gasteiger partial charge in [0, 0.05) is 5.69 Å². The van der Waals surface area contributed by atoms with Crippen molar-refractivity contribution in [2.24, 2.45) is 5.92 Å². The zero-order chi connectivity index (χ0) is 9.10. The molecule has 1 atom stereocenters. The molecule has 2 rings (SSSR count). The fourth-order valence-corrected chi connectivity index (χ4v) is 1.92. The summed E-state index contributed by atoms with van der Waals surface area (Å²) in [6.07, 6.45) is 2.41. The number of para-hydroxylation sites is 1. The Morgan fingerprint density at radius 2 is 2.23 bits per heavy atom. The molecule has 2 heteroatoms.